The van der Waals surface area contributed by atoms with E-state index in [0.29, 0.717) is 19.5 Å². The molecule has 21 heavy (non-hydrogen) atoms. The summed E-state index contributed by atoms with van der Waals surface area (Å²) in [5.41, 5.74) is 6.52. The Morgan fingerprint density at radius 2 is 2.05 bits per heavy atom. The lowest BCUT2D eigenvalue weighted by Gasteiger charge is -2.40. The summed E-state index contributed by atoms with van der Waals surface area (Å²) in [5.74, 6) is 0.0282. The molecule has 0 aliphatic carbocycles. The number of nitrogens with two attached hydrogens (primary N) is 1. The fourth-order valence-corrected chi connectivity index (χ4v) is 2.96. The van der Waals surface area contributed by atoms with Gasteiger partial charge in [-0.25, -0.2) is 0 Å². The van der Waals surface area contributed by atoms with Crippen LogP contribution in [0.15, 0.2) is 30.3 Å². The van der Waals surface area contributed by atoms with E-state index >= 15 is 0 Å². The summed E-state index contributed by atoms with van der Waals surface area (Å²) in [7, 11) is 0. The number of carbonyl (C=O) groups is 1. The van der Waals surface area contributed by atoms with Gasteiger partial charge in [-0.3, -0.25) is 4.79 Å². The summed E-state index contributed by atoms with van der Waals surface area (Å²) < 4.78 is 5.99. The number of rotatable bonds is 4. The predicted molar refractivity (Wildman–Crippen MR) is 83.8 cm³/mol. The van der Waals surface area contributed by atoms with E-state index in [9.17, 15) is 4.79 Å². The highest BCUT2D eigenvalue weighted by Crippen LogP contribution is 2.26. The van der Waals surface area contributed by atoms with Gasteiger partial charge in [0.05, 0.1) is 18.2 Å². The molecule has 1 amide bonds. The SMILES string of the molecule is CCCC(C)(N)C(=O)N1CC(C)OC(c2ccccc2)C1. The molecular formula is C17H26N2O2. The van der Waals surface area contributed by atoms with Gasteiger partial charge in [-0.05, 0) is 25.8 Å². The number of benzene rings is 1. The monoisotopic (exact) mass is 290 g/mol. The second kappa shape index (κ2) is 6.58. The van der Waals surface area contributed by atoms with Crippen LogP contribution < -0.4 is 5.73 Å². The maximum absolute atomic E-state index is 12.7. The molecule has 1 heterocycles. The van der Waals surface area contributed by atoms with Crippen LogP contribution >= 0.6 is 0 Å². The van der Waals surface area contributed by atoms with Crippen LogP contribution in [0.2, 0.25) is 0 Å². The van der Waals surface area contributed by atoms with Gasteiger partial charge < -0.3 is 15.4 Å². The number of morpholine rings is 1. The van der Waals surface area contributed by atoms with Gasteiger partial charge in [-0.15, -0.1) is 0 Å². The molecule has 2 N–H and O–H groups in total. The molecule has 1 aliphatic heterocycles. The molecule has 1 aliphatic rings. The first kappa shape index (κ1) is 16.0. The van der Waals surface area contributed by atoms with Crippen molar-refractivity contribution in [2.45, 2.75) is 51.4 Å². The van der Waals surface area contributed by atoms with Crippen molar-refractivity contribution in [1.29, 1.82) is 0 Å². The molecule has 116 valence electrons. The molecule has 0 saturated carbocycles. The zero-order valence-corrected chi connectivity index (χ0v) is 13.2. The lowest BCUT2D eigenvalue weighted by molar-refractivity contribution is -0.150. The van der Waals surface area contributed by atoms with Crippen molar-refractivity contribution in [3.8, 4) is 0 Å². The van der Waals surface area contributed by atoms with Gasteiger partial charge in [0.25, 0.3) is 0 Å². The number of ether oxygens (including phenoxy) is 1. The van der Waals surface area contributed by atoms with Crippen molar-refractivity contribution in [2.75, 3.05) is 13.1 Å². The van der Waals surface area contributed by atoms with Crippen molar-refractivity contribution < 1.29 is 9.53 Å². The van der Waals surface area contributed by atoms with Crippen LogP contribution in [0.5, 0.6) is 0 Å². The van der Waals surface area contributed by atoms with E-state index < -0.39 is 5.54 Å². The summed E-state index contributed by atoms with van der Waals surface area (Å²) >= 11 is 0. The van der Waals surface area contributed by atoms with E-state index in [1.54, 1.807) is 0 Å². The third kappa shape index (κ3) is 3.83. The van der Waals surface area contributed by atoms with E-state index in [4.69, 9.17) is 10.5 Å². The summed E-state index contributed by atoms with van der Waals surface area (Å²) in [6, 6.07) is 10.1. The largest absolute Gasteiger partial charge is 0.367 e. The maximum Gasteiger partial charge on any atom is 0.242 e. The lowest BCUT2D eigenvalue weighted by Crippen LogP contribution is -2.57. The van der Waals surface area contributed by atoms with Crippen LogP contribution in [-0.2, 0) is 9.53 Å². The number of hydrogen-bond acceptors (Lipinski definition) is 3. The topological polar surface area (TPSA) is 55.6 Å². The van der Waals surface area contributed by atoms with Crippen LogP contribution in [-0.4, -0.2) is 35.5 Å². The molecule has 4 nitrogen and oxygen atoms in total. The van der Waals surface area contributed by atoms with Crippen molar-refractivity contribution >= 4 is 5.91 Å². The molecule has 1 aromatic rings. The minimum atomic E-state index is -0.785. The smallest absolute Gasteiger partial charge is 0.242 e. The first-order valence-corrected chi connectivity index (χ1v) is 7.72. The number of carbonyl (C=O) groups excluding carboxylic acids is 1. The predicted octanol–water partition coefficient (Wildman–Crippen LogP) is 2.49. The molecule has 3 atom stereocenters. The molecule has 3 unspecified atom stereocenters. The fourth-order valence-electron chi connectivity index (χ4n) is 2.96. The average molecular weight is 290 g/mol. The van der Waals surface area contributed by atoms with Crippen LogP contribution in [0.25, 0.3) is 0 Å². The van der Waals surface area contributed by atoms with E-state index in [0.717, 1.165) is 12.0 Å². The van der Waals surface area contributed by atoms with Crippen LogP contribution in [0, 0.1) is 0 Å². The molecule has 1 fully saturated rings. The number of hydrogen-bond donors (Lipinski definition) is 1. The highest BCUT2D eigenvalue weighted by molar-refractivity contribution is 5.85. The first-order valence-electron chi connectivity index (χ1n) is 7.72. The van der Waals surface area contributed by atoms with Crippen LogP contribution in [0.1, 0.15) is 45.3 Å². The second-order valence-electron chi connectivity index (χ2n) is 6.22. The van der Waals surface area contributed by atoms with Gasteiger partial charge in [0, 0.05) is 6.54 Å². The van der Waals surface area contributed by atoms with Crippen molar-refractivity contribution in [1.82, 2.24) is 4.90 Å². The molecular weight excluding hydrogens is 264 g/mol. The van der Waals surface area contributed by atoms with Gasteiger partial charge in [0.1, 0.15) is 6.10 Å². The van der Waals surface area contributed by atoms with Crippen LogP contribution in [0.3, 0.4) is 0 Å². The molecule has 2 rings (SSSR count). The van der Waals surface area contributed by atoms with E-state index in [2.05, 4.69) is 0 Å². The molecule has 0 aromatic heterocycles. The van der Waals surface area contributed by atoms with E-state index in [1.165, 1.54) is 0 Å². The standard InChI is InChI=1S/C17H26N2O2/c1-4-10-17(3,18)16(20)19-11-13(2)21-15(12-19)14-8-6-5-7-9-14/h5-9,13,15H,4,10-12,18H2,1-3H3. The second-order valence-corrected chi connectivity index (χ2v) is 6.22. The van der Waals surface area contributed by atoms with E-state index in [-0.39, 0.29) is 18.1 Å². The summed E-state index contributed by atoms with van der Waals surface area (Å²) in [6.45, 7) is 7.06. The van der Waals surface area contributed by atoms with Crippen molar-refractivity contribution in [3.05, 3.63) is 35.9 Å². The van der Waals surface area contributed by atoms with Crippen molar-refractivity contribution in [2.24, 2.45) is 5.73 Å². The molecule has 0 bridgehead atoms. The van der Waals surface area contributed by atoms with Gasteiger partial charge in [-0.2, -0.15) is 0 Å². The van der Waals surface area contributed by atoms with Gasteiger partial charge >= 0.3 is 0 Å². The Morgan fingerprint density at radius 1 is 1.38 bits per heavy atom. The van der Waals surface area contributed by atoms with Crippen molar-refractivity contribution in [3.63, 3.8) is 0 Å². The normalized spacial score (nSPS) is 25.4. The summed E-state index contributed by atoms with van der Waals surface area (Å²) in [5, 5.41) is 0. The van der Waals surface area contributed by atoms with Crippen LogP contribution in [0.4, 0.5) is 0 Å². The quantitative estimate of drug-likeness (QED) is 0.927. The molecule has 1 aromatic carbocycles. The minimum Gasteiger partial charge on any atom is -0.367 e. The number of nitrogens with zero attached hydrogens (tertiary/aromatic N) is 1. The highest BCUT2D eigenvalue weighted by Gasteiger charge is 2.36. The molecule has 0 spiro atoms. The van der Waals surface area contributed by atoms with E-state index in [1.807, 2.05) is 56.0 Å². The Balaban J connectivity index is 2.13. The Labute approximate surface area is 127 Å². The Morgan fingerprint density at radius 3 is 2.67 bits per heavy atom. The van der Waals surface area contributed by atoms with Gasteiger partial charge in [0.2, 0.25) is 5.91 Å². The minimum absolute atomic E-state index is 0.0188. The molecule has 4 heteroatoms. The third-order valence-electron chi connectivity index (χ3n) is 3.98. The zero-order chi connectivity index (χ0) is 15.5. The molecule has 0 radical (unpaired) electrons. The van der Waals surface area contributed by atoms with Gasteiger partial charge in [0.15, 0.2) is 0 Å². The highest BCUT2D eigenvalue weighted by atomic mass is 16.5. The maximum atomic E-state index is 12.7. The summed E-state index contributed by atoms with van der Waals surface area (Å²) in [4.78, 5) is 14.5. The fraction of sp³-hybridized carbons (Fsp3) is 0.588. The lowest BCUT2D eigenvalue weighted by atomic mass is 9.94. The zero-order valence-electron chi connectivity index (χ0n) is 13.2. The summed E-state index contributed by atoms with van der Waals surface area (Å²) in [6.07, 6.45) is 1.55. The number of amides is 1. The Kier molecular flexibility index (Phi) is 5.01. The molecule has 1 saturated heterocycles. The van der Waals surface area contributed by atoms with Gasteiger partial charge in [-0.1, -0.05) is 43.7 Å². The first-order chi connectivity index (χ1) is 9.94. The average Bonchev–Trinajstić information content (AvgIpc) is 2.46. The third-order valence-corrected chi connectivity index (χ3v) is 3.98. The Hall–Kier alpha value is -1.39. The Bertz CT molecular complexity index is 473.